The van der Waals surface area contributed by atoms with Crippen LogP contribution in [0.3, 0.4) is 0 Å². The minimum absolute atomic E-state index is 0.169. The maximum absolute atomic E-state index is 12.6. The van der Waals surface area contributed by atoms with Crippen molar-refractivity contribution in [3.8, 4) is 0 Å². The smallest absolute Gasteiger partial charge is 0.225 e. The molecule has 0 heterocycles. The Labute approximate surface area is 173 Å². The van der Waals surface area contributed by atoms with E-state index in [-0.39, 0.29) is 42.2 Å². The summed E-state index contributed by atoms with van der Waals surface area (Å²) in [6.07, 6.45) is 3.47. The first kappa shape index (κ1) is 21.7. The number of hydrogen-bond acceptors (Lipinski definition) is 3. The van der Waals surface area contributed by atoms with E-state index in [9.17, 15) is 14.4 Å². The van der Waals surface area contributed by atoms with Crippen molar-refractivity contribution in [3.63, 3.8) is 0 Å². The molecule has 0 radical (unpaired) electrons. The molecule has 2 rings (SSSR count). The highest BCUT2D eigenvalue weighted by Crippen LogP contribution is 2.18. The lowest BCUT2D eigenvalue weighted by molar-refractivity contribution is -0.116. The lowest BCUT2D eigenvalue weighted by Gasteiger charge is -2.08. The van der Waals surface area contributed by atoms with Gasteiger partial charge in [0.2, 0.25) is 11.8 Å². The average molecular weight is 419 g/mol. The predicted octanol–water partition coefficient (Wildman–Crippen LogP) is 4.72. The molecular weight excluding hydrogens is 399 g/mol. The Morgan fingerprint density at radius 2 is 1.54 bits per heavy atom. The normalized spacial score (nSPS) is 10.6. The average Bonchev–Trinajstić information content (AvgIpc) is 2.67. The van der Waals surface area contributed by atoms with Crippen molar-refractivity contribution in [2.24, 2.45) is 0 Å². The van der Waals surface area contributed by atoms with Crippen LogP contribution in [0.2, 0.25) is 0 Å². The summed E-state index contributed by atoms with van der Waals surface area (Å²) in [6.45, 7) is 0. The molecular formula is C21H20Cl2N2O3. The van der Waals surface area contributed by atoms with Crippen LogP contribution in [0, 0.1) is 0 Å². The van der Waals surface area contributed by atoms with Gasteiger partial charge in [-0.25, -0.2) is 0 Å². The second kappa shape index (κ2) is 11.3. The van der Waals surface area contributed by atoms with Gasteiger partial charge in [0.1, 0.15) is 0 Å². The van der Waals surface area contributed by atoms with Crippen LogP contribution in [0.5, 0.6) is 0 Å². The van der Waals surface area contributed by atoms with Crippen LogP contribution in [0.25, 0.3) is 6.08 Å². The minimum Gasteiger partial charge on any atom is -0.326 e. The van der Waals surface area contributed by atoms with Crippen molar-refractivity contribution in [3.05, 3.63) is 65.7 Å². The summed E-state index contributed by atoms with van der Waals surface area (Å²) in [6, 6.07) is 13.9. The molecule has 0 fully saturated rings. The van der Waals surface area contributed by atoms with E-state index >= 15 is 0 Å². The molecule has 2 amide bonds. The van der Waals surface area contributed by atoms with Crippen LogP contribution < -0.4 is 10.6 Å². The lowest BCUT2D eigenvalue weighted by Crippen LogP contribution is -2.14. The molecule has 0 unspecified atom stereocenters. The number of carbonyl (C=O) groups is 3. The number of anilines is 2. The van der Waals surface area contributed by atoms with E-state index < -0.39 is 0 Å². The van der Waals surface area contributed by atoms with Gasteiger partial charge < -0.3 is 10.6 Å². The SMILES string of the molecule is O=C(CCCl)Nc1cccc(/C=C/C(=O)c2ccccc2NC(=O)CCCl)c1. The third-order valence-corrected chi connectivity index (χ3v) is 4.09. The maximum atomic E-state index is 12.6. The topological polar surface area (TPSA) is 75.3 Å². The van der Waals surface area contributed by atoms with Crippen LogP contribution in [0.4, 0.5) is 11.4 Å². The number of ketones is 1. The third-order valence-electron chi connectivity index (χ3n) is 3.71. The largest absolute Gasteiger partial charge is 0.326 e. The van der Waals surface area contributed by atoms with E-state index in [1.165, 1.54) is 6.08 Å². The number of allylic oxidation sites excluding steroid dienone is 1. The number of benzene rings is 2. The first-order chi connectivity index (χ1) is 13.5. The Bertz CT molecular complexity index is 881. The number of rotatable bonds is 9. The zero-order valence-electron chi connectivity index (χ0n) is 15.1. The van der Waals surface area contributed by atoms with Gasteiger partial charge in [-0.05, 0) is 35.9 Å². The fourth-order valence-electron chi connectivity index (χ4n) is 2.40. The number of amides is 2. The molecule has 0 aliphatic rings. The van der Waals surface area contributed by atoms with Gasteiger partial charge in [0.05, 0.1) is 5.69 Å². The first-order valence-corrected chi connectivity index (χ1v) is 9.73. The van der Waals surface area contributed by atoms with Gasteiger partial charge in [0.25, 0.3) is 0 Å². The third kappa shape index (κ3) is 6.83. The second-order valence-corrected chi connectivity index (χ2v) is 6.60. The van der Waals surface area contributed by atoms with E-state index in [1.54, 1.807) is 48.5 Å². The van der Waals surface area contributed by atoms with Crippen molar-refractivity contribution < 1.29 is 14.4 Å². The van der Waals surface area contributed by atoms with Crippen LogP contribution in [-0.4, -0.2) is 29.4 Å². The number of alkyl halides is 2. The lowest BCUT2D eigenvalue weighted by atomic mass is 10.1. The number of hydrogen-bond donors (Lipinski definition) is 2. The van der Waals surface area contributed by atoms with E-state index in [2.05, 4.69) is 10.6 Å². The molecule has 0 aliphatic heterocycles. The number of halogens is 2. The van der Waals surface area contributed by atoms with Gasteiger partial charge in [0, 0.05) is 35.9 Å². The van der Waals surface area contributed by atoms with Crippen molar-refractivity contribution >= 4 is 58.3 Å². The molecule has 0 spiro atoms. The highest BCUT2D eigenvalue weighted by molar-refractivity contribution is 6.19. The fourth-order valence-corrected chi connectivity index (χ4v) is 2.74. The molecule has 2 aromatic carbocycles. The molecule has 0 saturated heterocycles. The minimum atomic E-state index is -0.252. The molecule has 5 nitrogen and oxygen atoms in total. The van der Waals surface area contributed by atoms with Crippen LogP contribution >= 0.6 is 23.2 Å². The highest BCUT2D eigenvalue weighted by Gasteiger charge is 2.10. The molecule has 28 heavy (non-hydrogen) atoms. The molecule has 146 valence electrons. The molecule has 0 aromatic heterocycles. The number of para-hydroxylation sites is 1. The summed E-state index contributed by atoms with van der Waals surface area (Å²) in [4.78, 5) is 36.0. The number of nitrogens with one attached hydrogen (secondary N) is 2. The molecule has 0 bridgehead atoms. The predicted molar refractivity (Wildman–Crippen MR) is 114 cm³/mol. The Kier molecular flexibility index (Phi) is 8.72. The summed E-state index contributed by atoms with van der Waals surface area (Å²) in [7, 11) is 0. The number of carbonyl (C=O) groups excluding carboxylic acids is 3. The Hall–Kier alpha value is -2.63. The molecule has 0 atom stereocenters. The van der Waals surface area contributed by atoms with Crippen molar-refractivity contribution in [1.29, 1.82) is 0 Å². The zero-order valence-corrected chi connectivity index (χ0v) is 16.6. The second-order valence-electron chi connectivity index (χ2n) is 5.84. The maximum Gasteiger partial charge on any atom is 0.225 e. The van der Waals surface area contributed by atoms with Gasteiger partial charge in [-0.1, -0.05) is 30.3 Å². The highest BCUT2D eigenvalue weighted by atomic mass is 35.5. The Morgan fingerprint density at radius 3 is 2.25 bits per heavy atom. The van der Waals surface area contributed by atoms with Crippen LogP contribution in [0.1, 0.15) is 28.8 Å². The zero-order chi connectivity index (χ0) is 20.4. The Morgan fingerprint density at radius 1 is 0.857 bits per heavy atom. The van der Waals surface area contributed by atoms with Gasteiger partial charge in [-0.3, -0.25) is 14.4 Å². The molecule has 0 aliphatic carbocycles. The standard InChI is InChI=1S/C21H20Cl2N2O3/c22-12-10-20(27)24-16-5-3-4-15(14-16)8-9-19(26)17-6-1-2-7-18(17)25-21(28)11-13-23/h1-9,14H,10-13H2,(H,24,27)(H,25,28)/b9-8+. The van der Waals surface area contributed by atoms with E-state index in [4.69, 9.17) is 23.2 Å². The summed E-state index contributed by atoms with van der Waals surface area (Å²) in [5.74, 6) is -0.216. The summed E-state index contributed by atoms with van der Waals surface area (Å²) >= 11 is 11.1. The van der Waals surface area contributed by atoms with Gasteiger partial charge in [-0.15, -0.1) is 23.2 Å². The van der Waals surface area contributed by atoms with Gasteiger partial charge >= 0.3 is 0 Å². The van der Waals surface area contributed by atoms with E-state index in [0.717, 1.165) is 5.56 Å². The van der Waals surface area contributed by atoms with Crippen molar-refractivity contribution in [1.82, 2.24) is 0 Å². The molecule has 2 aromatic rings. The van der Waals surface area contributed by atoms with Crippen molar-refractivity contribution in [2.75, 3.05) is 22.4 Å². The van der Waals surface area contributed by atoms with Crippen LogP contribution in [-0.2, 0) is 9.59 Å². The quantitative estimate of drug-likeness (QED) is 0.351. The van der Waals surface area contributed by atoms with Gasteiger partial charge in [0.15, 0.2) is 5.78 Å². The van der Waals surface area contributed by atoms with Gasteiger partial charge in [-0.2, -0.15) is 0 Å². The first-order valence-electron chi connectivity index (χ1n) is 8.66. The van der Waals surface area contributed by atoms with E-state index in [1.807, 2.05) is 6.07 Å². The van der Waals surface area contributed by atoms with Crippen LogP contribution in [0.15, 0.2) is 54.6 Å². The monoisotopic (exact) mass is 418 g/mol. The van der Waals surface area contributed by atoms with Crippen molar-refractivity contribution in [2.45, 2.75) is 12.8 Å². The molecule has 2 N–H and O–H groups in total. The summed E-state index contributed by atoms with van der Waals surface area (Å²) < 4.78 is 0. The summed E-state index contributed by atoms with van der Waals surface area (Å²) in [5, 5.41) is 5.44. The fraction of sp³-hybridized carbons (Fsp3) is 0.190. The molecule has 7 heteroatoms. The molecule has 0 saturated carbocycles. The Balaban J connectivity index is 2.12. The summed E-state index contributed by atoms with van der Waals surface area (Å²) in [5.41, 5.74) is 2.20. The van der Waals surface area contributed by atoms with E-state index in [0.29, 0.717) is 16.9 Å².